The Morgan fingerprint density at radius 3 is 2.81 bits per heavy atom. The maximum Gasteiger partial charge on any atom is 0.307 e. The number of hydrogen-bond donors (Lipinski definition) is 0. The number of aromatic nitrogens is 2. The van der Waals surface area contributed by atoms with E-state index in [-0.39, 0.29) is 35.6 Å². The Bertz CT molecular complexity index is 596. The van der Waals surface area contributed by atoms with Crippen LogP contribution in [0.5, 0.6) is 0 Å². The van der Waals surface area contributed by atoms with E-state index < -0.39 is 0 Å². The third-order valence-electron chi connectivity index (χ3n) is 3.70. The number of carbonyl (C=O) groups excluding carboxylic acids is 2. The molecule has 1 fully saturated rings. The van der Waals surface area contributed by atoms with E-state index in [4.69, 9.17) is 0 Å². The molecule has 21 heavy (non-hydrogen) atoms. The zero-order chi connectivity index (χ0) is 15.4. The van der Waals surface area contributed by atoms with Gasteiger partial charge in [0.05, 0.1) is 13.5 Å². The molecule has 1 aliphatic rings. The summed E-state index contributed by atoms with van der Waals surface area (Å²) in [5, 5.41) is 3.98. The van der Waals surface area contributed by atoms with Crippen molar-refractivity contribution >= 4 is 11.9 Å². The molecule has 0 saturated carbocycles. The average Bonchev–Trinajstić information content (AvgIpc) is 2.49. The van der Waals surface area contributed by atoms with Gasteiger partial charge in [0.25, 0.3) is 11.5 Å². The molecule has 7 nitrogen and oxygen atoms in total. The molecular formula is C14H19N3O4. The van der Waals surface area contributed by atoms with Gasteiger partial charge in [-0.3, -0.25) is 14.4 Å². The summed E-state index contributed by atoms with van der Waals surface area (Å²) in [5.74, 6) is -0.577. The Kier molecular flexibility index (Phi) is 4.72. The highest BCUT2D eigenvalue weighted by atomic mass is 16.5. The van der Waals surface area contributed by atoms with Crippen molar-refractivity contribution in [1.29, 1.82) is 0 Å². The van der Waals surface area contributed by atoms with Gasteiger partial charge < -0.3 is 9.64 Å². The number of amides is 1. The van der Waals surface area contributed by atoms with Crippen LogP contribution in [-0.4, -0.2) is 46.3 Å². The first kappa shape index (κ1) is 15.2. The molecule has 2 heterocycles. The normalized spacial score (nSPS) is 18.4. The number of nitrogens with zero attached hydrogens (tertiary/aromatic N) is 3. The number of hydrogen-bond acceptors (Lipinski definition) is 5. The van der Waals surface area contributed by atoms with Crippen LogP contribution in [0.2, 0.25) is 0 Å². The summed E-state index contributed by atoms with van der Waals surface area (Å²) in [6.45, 7) is 0.588. The molecule has 0 radical (unpaired) electrons. The van der Waals surface area contributed by atoms with Gasteiger partial charge in [-0.2, -0.15) is 5.10 Å². The monoisotopic (exact) mass is 293 g/mol. The number of methoxy groups -OCH3 is 1. The van der Waals surface area contributed by atoms with Gasteiger partial charge in [-0.05, 0) is 25.3 Å². The van der Waals surface area contributed by atoms with Crippen molar-refractivity contribution in [2.75, 3.05) is 13.7 Å². The highest BCUT2D eigenvalue weighted by Crippen LogP contribution is 2.21. The van der Waals surface area contributed by atoms with Gasteiger partial charge in [-0.25, -0.2) is 4.68 Å². The molecule has 1 atom stereocenters. The van der Waals surface area contributed by atoms with Crippen molar-refractivity contribution in [2.45, 2.75) is 31.7 Å². The molecule has 0 bridgehead atoms. The molecule has 114 valence electrons. The first-order valence-corrected chi connectivity index (χ1v) is 6.95. The predicted molar refractivity (Wildman–Crippen MR) is 74.8 cm³/mol. The minimum atomic E-state index is -0.326. The number of likely N-dealkylation sites (tertiary alicyclic amines) is 1. The summed E-state index contributed by atoms with van der Waals surface area (Å²) in [5.41, 5.74) is -0.0508. The quantitative estimate of drug-likeness (QED) is 0.751. The topological polar surface area (TPSA) is 81.5 Å². The lowest BCUT2D eigenvalue weighted by Crippen LogP contribution is -2.45. The van der Waals surface area contributed by atoms with Crippen LogP contribution in [0.4, 0.5) is 0 Å². The number of aryl methyl sites for hydroxylation is 1. The number of esters is 1. The lowest BCUT2D eigenvalue weighted by Gasteiger charge is -2.34. The maximum atomic E-state index is 12.5. The van der Waals surface area contributed by atoms with E-state index in [2.05, 4.69) is 9.84 Å². The van der Waals surface area contributed by atoms with Crippen molar-refractivity contribution < 1.29 is 14.3 Å². The maximum absolute atomic E-state index is 12.5. The van der Waals surface area contributed by atoms with Crippen molar-refractivity contribution in [1.82, 2.24) is 14.7 Å². The fourth-order valence-electron chi connectivity index (χ4n) is 2.52. The molecular weight excluding hydrogens is 274 g/mol. The Balaban J connectivity index is 2.19. The third-order valence-corrected chi connectivity index (χ3v) is 3.70. The minimum absolute atomic E-state index is 0.169. The van der Waals surface area contributed by atoms with Gasteiger partial charge in [-0.15, -0.1) is 0 Å². The number of ether oxygens (including phenoxy) is 1. The Morgan fingerprint density at radius 2 is 2.14 bits per heavy atom. The van der Waals surface area contributed by atoms with E-state index in [0.29, 0.717) is 6.54 Å². The van der Waals surface area contributed by atoms with Crippen LogP contribution in [0.1, 0.15) is 36.2 Å². The lowest BCUT2D eigenvalue weighted by molar-refractivity contribution is -0.142. The Hall–Kier alpha value is -2.18. The van der Waals surface area contributed by atoms with E-state index in [1.807, 2.05) is 0 Å². The van der Waals surface area contributed by atoms with Gasteiger partial charge in [0.15, 0.2) is 0 Å². The SMILES string of the molecule is COC(=O)CC1CCCCN1C(=O)c1ccc(=O)n(C)n1. The zero-order valence-electron chi connectivity index (χ0n) is 12.2. The molecule has 0 N–H and O–H groups in total. The molecule has 2 rings (SSSR count). The summed E-state index contributed by atoms with van der Waals surface area (Å²) in [6, 6.07) is 2.58. The van der Waals surface area contributed by atoms with E-state index in [1.54, 1.807) is 4.90 Å². The molecule has 1 aliphatic heterocycles. The van der Waals surface area contributed by atoms with Gasteiger partial charge in [0.1, 0.15) is 5.69 Å². The molecule has 1 amide bonds. The molecule has 1 aromatic rings. The summed E-state index contributed by atoms with van der Waals surface area (Å²) in [6.07, 6.45) is 2.84. The van der Waals surface area contributed by atoms with Crippen molar-refractivity contribution in [3.63, 3.8) is 0 Å². The second kappa shape index (κ2) is 6.51. The molecule has 0 aliphatic carbocycles. The highest BCUT2D eigenvalue weighted by Gasteiger charge is 2.30. The van der Waals surface area contributed by atoms with E-state index in [9.17, 15) is 14.4 Å². The van der Waals surface area contributed by atoms with Crippen LogP contribution in [0.3, 0.4) is 0 Å². The number of carbonyl (C=O) groups is 2. The summed E-state index contributed by atoms with van der Waals surface area (Å²) in [7, 11) is 2.84. The average molecular weight is 293 g/mol. The minimum Gasteiger partial charge on any atom is -0.469 e. The van der Waals surface area contributed by atoms with Crippen LogP contribution in [0, 0.1) is 0 Å². The van der Waals surface area contributed by atoms with Crippen molar-refractivity contribution in [2.24, 2.45) is 7.05 Å². The van der Waals surface area contributed by atoms with Gasteiger partial charge in [0, 0.05) is 25.7 Å². The lowest BCUT2D eigenvalue weighted by atomic mass is 9.99. The van der Waals surface area contributed by atoms with E-state index in [1.165, 1.54) is 26.3 Å². The first-order chi connectivity index (χ1) is 10.0. The van der Waals surface area contributed by atoms with Crippen LogP contribution in [0.25, 0.3) is 0 Å². The standard InChI is InChI=1S/C14H19N3O4/c1-16-12(18)7-6-11(15-16)14(20)17-8-4-3-5-10(17)9-13(19)21-2/h6-7,10H,3-5,8-9H2,1-2H3. The summed E-state index contributed by atoms with van der Waals surface area (Å²) >= 11 is 0. The largest absolute Gasteiger partial charge is 0.469 e. The fourth-order valence-corrected chi connectivity index (χ4v) is 2.52. The molecule has 0 aromatic carbocycles. The van der Waals surface area contributed by atoms with E-state index in [0.717, 1.165) is 23.9 Å². The molecule has 1 saturated heterocycles. The van der Waals surface area contributed by atoms with Crippen LogP contribution < -0.4 is 5.56 Å². The molecule has 0 spiro atoms. The third kappa shape index (κ3) is 3.48. The molecule has 7 heteroatoms. The Labute approximate surface area is 122 Å². The van der Waals surface area contributed by atoms with Gasteiger partial charge in [-0.1, -0.05) is 0 Å². The van der Waals surface area contributed by atoms with Gasteiger partial charge >= 0.3 is 5.97 Å². The highest BCUT2D eigenvalue weighted by molar-refractivity contribution is 5.92. The molecule has 1 unspecified atom stereocenters. The second-order valence-electron chi connectivity index (χ2n) is 5.11. The predicted octanol–water partition coefficient (Wildman–Crippen LogP) is 0.338. The first-order valence-electron chi connectivity index (χ1n) is 6.95. The van der Waals surface area contributed by atoms with E-state index >= 15 is 0 Å². The number of rotatable bonds is 3. The van der Waals surface area contributed by atoms with Crippen molar-refractivity contribution in [3.8, 4) is 0 Å². The van der Waals surface area contributed by atoms with Crippen molar-refractivity contribution in [3.05, 3.63) is 28.2 Å². The zero-order valence-corrected chi connectivity index (χ0v) is 12.2. The van der Waals surface area contributed by atoms with Crippen LogP contribution in [0.15, 0.2) is 16.9 Å². The fraction of sp³-hybridized carbons (Fsp3) is 0.571. The van der Waals surface area contributed by atoms with Crippen LogP contribution in [-0.2, 0) is 16.6 Å². The second-order valence-corrected chi connectivity index (χ2v) is 5.11. The van der Waals surface area contributed by atoms with Gasteiger partial charge in [0.2, 0.25) is 0 Å². The van der Waals surface area contributed by atoms with Crippen LogP contribution >= 0.6 is 0 Å². The Morgan fingerprint density at radius 1 is 1.38 bits per heavy atom. The number of piperidine rings is 1. The smallest absolute Gasteiger partial charge is 0.307 e. The summed E-state index contributed by atoms with van der Waals surface area (Å²) in [4.78, 5) is 37.0. The molecule has 1 aromatic heterocycles. The summed E-state index contributed by atoms with van der Waals surface area (Å²) < 4.78 is 5.82.